The Labute approximate surface area is 194 Å². The van der Waals surface area contributed by atoms with Crippen molar-refractivity contribution in [2.75, 3.05) is 32.7 Å². The van der Waals surface area contributed by atoms with Crippen LogP contribution < -0.4 is 5.69 Å². The molecule has 2 N–H and O–H groups in total. The number of aromatic nitrogens is 2. The van der Waals surface area contributed by atoms with Crippen molar-refractivity contribution in [1.29, 1.82) is 0 Å². The maximum Gasteiger partial charge on any atom is 0.410 e. The van der Waals surface area contributed by atoms with Crippen LogP contribution >= 0.6 is 23.2 Å². The van der Waals surface area contributed by atoms with Crippen LogP contribution in [0.5, 0.6) is 0 Å². The van der Waals surface area contributed by atoms with Crippen LogP contribution in [0, 0.1) is 0 Å². The van der Waals surface area contributed by atoms with Gasteiger partial charge in [0.05, 0.1) is 16.1 Å². The van der Waals surface area contributed by atoms with Gasteiger partial charge in [-0.1, -0.05) is 35.3 Å². The van der Waals surface area contributed by atoms with E-state index in [1.807, 2.05) is 12.1 Å². The molecule has 0 atom stereocenters. The van der Waals surface area contributed by atoms with Gasteiger partial charge in [0.2, 0.25) is 0 Å². The highest BCUT2D eigenvalue weighted by Crippen LogP contribution is 2.23. The largest absolute Gasteiger partial charge is 0.445 e. The first-order valence-electron chi connectivity index (χ1n) is 10.2. The zero-order valence-corrected chi connectivity index (χ0v) is 18.7. The number of carbonyl (C=O) groups excluding carboxylic acids is 2. The molecule has 0 radical (unpaired) electrons. The van der Waals surface area contributed by atoms with E-state index < -0.39 is 0 Å². The summed E-state index contributed by atoms with van der Waals surface area (Å²) < 4.78 is 5.38. The van der Waals surface area contributed by atoms with Crippen molar-refractivity contribution in [3.63, 3.8) is 0 Å². The lowest BCUT2D eigenvalue weighted by atomic mass is 10.1. The first kappa shape index (κ1) is 22.4. The molecular formula is C22H22Cl2N4O4. The second-order valence-corrected chi connectivity index (χ2v) is 8.48. The van der Waals surface area contributed by atoms with Gasteiger partial charge in [0.15, 0.2) is 5.78 Å². The lowest BCUT2D eigenvalue weighted by molar-refractivity contribution is 0.0697. The summed E-state index contributed by atoms with van der Waals surface area (Å²) in [4.78, 5) is 45.5. The number of H-pyrrole nitrogens is 2. The molecule has 1 aliphatic heterocycles. The highest BCUT2D eigenvalue weighted by atomic mass is 35.5. The van der Waals surface area contributed by atoms with E-state index in [9.17, 15) is 14.4 Å². The van der Waals surface area contributed by atoms with Crippen LogP contribution in [-0.2, 0) is 11.3 Å². The van der Waals surface area contributed by atoms with Crippen LogP contribution in [0.25, 0.3) is 11.0 Å². The zero-order valence-electron chi connectivity index (χ0n) is 17.2. The molecule has 2 heterocycles. The third-order valence-electron chi connectivity index (χ3n) is 5.47. The number of ether oxygens (including phenoxy) is 1. The van der Waals surface area contributed by atoms with Gasteiger partial charge in [0.25, 0.3) is 0 Å². The van der Waals surface area contributed by atoms with Gasteiger partial charge in [0, 0.05) is 49.7 Å². The molecule has 3 aromatic rings. The monoisotopic (exact) mass is 476 g/mol. The Bertz CT molecular complexity index is 1180. The molecule has 0 bridgehead atoms. The molecule has 4 rings (SSSR count). The van der Waals surface area contributed by atoms with Crippen LogP contribution in [0.4, 0.5) is 4.79 Å². The standard InChI is InChI=1S/C22H22Cl2N4O4/c23-15-3-1-14(2-4-15)13-32-22(31)28-9-7-27(8-10-28)6-5-20(29)16-11-18-19(12-17(16)24)26-21(30)25-18/h1-4,11-12H,5-10,13H2,(H2,25,26,30). The molecule has 2 aromatic carbocycles. The number of halogens is 2. The normalized spacial score (nSPS) is 14.6. The van der Waals surface area contributed by atoms with Gasteiger partial charge in [-0.2, -0.15) is 0 Å². The maximum absolute atomic E-state index is 12.7. The van der Waals surface area contributed by atoms with Crippen molar-refractivity contribution >= 4 is 46.1 Å². The van der Waals surface area contributed by atoms with Gasteiger partial charge in [-0.05, 0) is 29.8 Å². The molecule has 8 nitrogen and oxygen atoms in total. The summed E-state index contributed by atoms with van der Waals surface area (Å²) >= 11 is 12.1. The van der Waals surface area contributed by atoms with E-state index >= 15 is 0 Å². The summed E-state index contributed by atoms with van der Waals surface area (Å²) in [6, 6.07) is 10.3. The summed E-state index contributed by atoms with van der Waals surface area (Å²) in [6.07, 6.45) is -0.0581. The highest BCUT2D eigenvalue weighted by molar-refractivity contribution is 6.34. The number of Topliss-reactive ketones (excluding diaryl/α,β-unsaturated/α-hetero) is 1. The molecule has 32 heavy (non-hydrogen) atoms. The number of nitrogens with zero attached hydrogens (tertiary/aromatic N) is 2. The van der Waals surface area contributed by atoms with Gasteiger partial charge in [0.1, 0.15) is 6.61 Å². The van der Waals surface area contributed by atoms with E-state index in [4.69, 9.17) is 27.9 Å². The minimum Gasteiger partial charge on any atom is -0.445 e. The van der Waals surface area contributed by atoms with Crippen LogP contribution in [-0.4, -0.2) is 64.4 Å². The summed E-state index contributed by atoms with van der Waals surface area (Å²) in [5, 5.41) is 0.947. The number of rotatable bonds is 6. The fourth-order valence-corrected chi connectivity index (χ4v) is 4.03. The lowest BCUT2D eigenvalue weighted by Crippen LogP contribution is -2.49. The summed E-state index contributed by atoms with van der Waals surface area (Å²) in [5.41, 5.74) is 2.04. The molecule has 168 valence electrons. The Kier molecular flexibility index (Phi) is 6.83. The van der Waals surface area contributed by atoms with Gasteiger partial charge in [-0.25, -0.2) is 9.59 Å². The van der Waals surface area contributed by atoms with Crippen molar-refractivity contribution in [1.82, 2.24) is 19.8 Å². The Hall–Kier alpha value is -2.81. The molecule has 0 aliphatic carbocycles. The molecule has 0 saturated carbocycles. The number of hydrogen-bond donors (Lipinski definition) is 2. The highest BCUT2D eigenvalue weighted by Gasteiger charge is 2.23. The van der Waals surface area contributed by atoms with E-state index in [1.54, 1.807) is 29.2 Å². The number of imidazole rings is 1. The predicted octanol–water partition coefficient (Wildman–Crippen LogP) is 3.69. The minimum atomic E-state index is -0.351. The Morgan fingerprint density at radius 2 is 1.62 bits per heavy atom. The van der Waals surface area contributed by atoms with E-state index in [0.717, 1.165) is 5.56 Å². The van der Waals surface area contributed by atoms with Gasteiger partial charge >= 0.3 is 11.8 Å². The van der Waals surface area contributed by atoms with Crippen LogP contribution in [0.3, 0.4) is 0 Å². The predicted molar refractivity (Wildman–Crippen MR) is 123 cm³/mol. The molecular weight excluding hydrogens is 455 g/mol. The topological polar surface area (TPSA) is 98.5 Å². The van der Waals surface area contributed by atoms with Gasteiger partial charge in [-0.3, -0.25) is 9.69 Å². The first-order valence-corrected chi connectivity index (χ1v) is 11.0. The SMILES string of the molecule is O=C(CCN1CCN(C(=O)OCc2ccc(Cl)cc2)CC1)c1cc2[nH]c(=O)[nH]c2cc1Cl. The maximum atomic E-state index is 12.7. The fourth-order valence-electron chi connectivity index (χ4n) is 3.64. The van der Waals surface area contributed by atoms with E-state index in [2.05, 4.69) is 14.9 Å². The average Bonchev–Trinajstić information content (AvgIpc) is 3.15. The third kappa shape index (κ3) is 5.32. The van der Waals surface area contributed by atoms with Crippen LogP contribution in [0.2, 0.25) is 10.0 Å². The third-order valence-corrected chi connectivity index (χ3v) is 6.03. The van der Waals surface area contributed by atoms with Crippen molar-refractivity contribution in [3.05, 3.63) is 68.1 Å². The van der Waals surface area contributed by atoms with Crippen LogP contribution in [0.15, 0.2) is 41.2 Å². The number of aromatic amines is 2. The van der Waals surface area contributed by atoms with Gasteiger partial charge < -0.3 is 19.6 Å². The molecule has 1 saturated heterocycles. The average molecular weight is 477 g/mol. The summed E-state index contributed by atoms with van der Waals surface area (Å²) in [5.74, 6) is -0.0937. The fraction of sp³-hybridized carbons (Fsp3) is 0.318. The quantitative estimate of drug-likeness (QED) is 0.528. The van der Waals surface area contributed by atoms with Gasteiger partial charge in [-0.15, -0.1) is 0 Å². The second-order valence-electron chi connectivity index (χ2n) is 7.64. The Morgan fingerprint density at radius 1 is 0.969 bits per heavy atom. The number of piperazine rings is 1. The van der Waals surface area contributed by atoms with Crippen molar-refractivity contribution in [2.45, 2.75) is 13.0 Å². The van der Waals surface area contributed by atoms with Crippen molar-refractivity contribution in [2.24, 2.45) is 0 Å². The molecule has 1 amide bonds. The molecule has 10 heteroatoms. The zero-order chi connectivity index (χ0) is 22.7. The molecule has 0 unspecified atom stereocenters. The van der Waals surface area contributed by atoms with E-state index in [-0.39, 0.29) is 24.2 Å². The Morgan fingerprint density at radius 3 is 2.31 bits per heavy atom. The number of fused-ring (bicyclic) bond motifs is 1. The van der Waals surface area contributed by atoms with Crippen LogP contribution in [0.1, 0.15) is 22.3 Å². The Balaban J connectivity index is 1.24. The van der Waals surface area contributed by atoms with E-state index in [1.165, 1.54) is 0 Å². The summed E-state index contributed by atoms with van der Waals surface area (Å²) in [7, 11) is 0. The minimum absolute atomic E-state index is 0.0937. The molecule has 1 fully saturated rings. The second kappa shape index (κ2) is 9.77. The number of ketones is 1. The molecule has 1 aliphatic rings. The number of benzene rings is 2. The number of amides is 1. The lowest BCUT2D eigenvalue weighted by Gasteiger charge is -2.33. The number of carbonyl (C=O) groups is 2. The molecule has 0 spiro atoms. The van der Waals surface area contributed by atoms with Crippen molar-refractivity contribution < 1.29 is 14.3 Å². The molecule has 1 aromatic heterocycles. The number of nitrogens with one attached hydrogen (secondary N) is 2. The smallest absolute Gasteiger partial charge is 0.410 e. The van der Waals surface area contributed by atoms with E-state index in [0.29, 0.717) is 65.8 Å². The summed E-state index contributed by atoms with van der Waals surface area (Å²) in [6.45, 7) is 3.13. The number of hydrogen-bond acceptors (Lipinski definition) is 5. The first-order chi connectivity index (χ1) is 15.4. The van der Waals surface area contributed by atoms with Crippen molar-refractivity contribution in [3.8, 4) is 0 Å².